The van der Waals surface area contributed by atoms with E-state index in [1.54, 1.807) is 19.1 Å². The van der Waals surface area contributed by atoms with E-state index in [1.165, 1.54) is 0 Å². The van der Waals surface area contributed by atoms with Crippen molar-refractivity contribution < 1.29 is 14.3 Å². The second-order valence-corrected chi connectivity index (χ2v) is 5.18. The van der Waals surface area contributed by atoms with E-state index < -0.39 is 0 Å². The molecule has 0 aromatic heterocycles. The summed E-state index contributed by atoms with van der Waals surface area (Å²) in [7, 11) is 0. The first kappa shape index (κ1) is 13.5. The molecule has 0 aliphatic carbocycles. The highest BCUT2D eigenvalue weighted by Crippen LogP contribution is 2.38. The molecule has 0 saturated heterocycles. The summed E-state index contributed by atoms with van der Waals surface area (Å²) in [5, 5.41) is 2.81. The SMILES string of the molecule is CC(CCl)C(=O)Nc1cc2c(cc1Br)OCCO2. The fourth-order valence-electron chi connectivity index (χ4n) is 1.49. The number of fused-ring (bicyclic) bond motifs is 1. The van der Waals surface area contributed by atoms with E-state index >= 15 is 0 Å². The number of hydrogen-bond acceptors (Lipinski definition) is 3. The Morgan fingerprint density at radius 2 is 2.06 bits per heavy atom. The van der Waals surface area contributed by atoms with E-state index in [0.717, 1.165) is 4.47 Å². The summed E-state index contributed by atoms with van der Waals surface area (Å²) in [5.41, 5.74) is 0.654. The Hall–Kier alpha value is -0.940. The van der Waals surface area contributed by atoms with Crippen LogP contribution >= 0.6 is 27.5 Å². The van der Waals surface area contributed by atoms with E-state index in [-0.39, 0.29) is 17.7 Å². The highest BCUT2D eigenvalue weighted by molar-refractivity contribution is 9.10. The predicted molar refractivity (Wildman–Crippen MR) is 73.6 cm³/mol. The summed E-state index contributed by atoms with van der Waals surface area (Å²) in [5.74, 6) is 1.23. The third kappa shape index (κ3) is 2.90. The van der Waals surface area contributed by atoms with Crippen LogP contribution in [-0.4, -0.2) is 25.0 Å². The van der Waals surface area contributed by atoms with Gasteiger partial charge in [-0.3, -0.25) is 4.79 Å². The van der Waals surface area contributed by atoms with Crippen molar-refractivity contribution >= 4 is 39.1 Å². The lowest BCUT2D eigenvalue weighted by Gasteiger charge is -2.20. The molecule has 0 radical (unpaired) electrons. The zero-order chi connectivity index (χ0) is 13.1. The van der Waals surface area contributed by atoms with Crippen LogP contribution in [0.3, 0.4) is 0 Å². The Balaban J connectivity index is 2.20. The van der Waals surface area contributed by atoms with Crippen molar-refractivity contribution in [2.24, 2.45) is 5.92 Å². The molecule has 1 heterocycles. The summed E-state index contributed by atoms with van der Waals surface area (Å²) in [6.45, 7) is 2.82. The number of nitrogens with one attached hydrogen (secondary N) is 1. The molecule has 0 spiro atoms. The minimum Gasteiger partial charge on any atom is -0.486 e. The molecule has 0 saturated carbocycles. The summed E-state index contributed by atoms with van der Waals surface area (Å²) >= 11 is 9.04. The van der Waals surface area contributed by atoms with Gasteiger partial charge in [-0.05, 0) is 15.9 Å². The fraction of sp³-hybridized carbons (Fsp3) is 0.417. The van der Waals surface area contributed by atoms with Gasteiger partial charge < -0.3 is 14.8 Å². The van der Waals surface area contributed by atoms with Gasteiger partial charge in [-0.2, -0.15) is 0 Å². The number of halogens is 2. The fourth-order valence-corrected chi connectivity index (χ4v) is 2.05. The smallest absolute Gasteiger partial charge is 0.228 e. The van der Waals surface area contributed by atoms with Crippen LogP contribution in [0.1, 0.15) is 6.92 Å². The van der Waals surface area contributed by atoms with Gasteiger partial charge in [-0.1, -0.05) is 6.92 Å². The lowest BCUT2D eigenvalue weighted by atomic mass is 10.2. The molecule has 1 aromatic rings. The summed E-state index contributed by atoms with van der Waals surface area (Å²) in [6.07, 6.45) is 0. The molecular weight excluding hydrogens is 321 g/mol. The molecule has 1 aromatic carbocycles. The first-order valence-corrected chi connectivity index (χ1v) is 6.90. The maximum atomic E-state index is 11.8. The maximum absolute atomic E-state index is 11.8. The number of benzene rings is 1. The number of amides is 1. The van der Waals surface area contributed by atoms with E-state index in [4.69, 9.17) is 21.1 Å². The molecule has 1 aliphatic rings. The number of rotatable bonds is 3. The van der Waals surface area contributed by atoms with E-state index in [9.17, 15) is 4.79 Å². The average Bonchev–Trinajstić information content (AvgIpc) is 2.38. The molecule has 0 fully saturated rings. The molecular formula is C12H13BrClNO3. The summed E-state index contributed by atoms with van der Waals surface area (Å²) in [6, 6.07) is 3.53. The first-order chi connectivity index (χ1) is 8.61. The maximum Gasteiger partial charge on any atom is 0.228 e. The highest BCUT2D eigenvalue weighted by atomic mass is 79.9. The van der Waals surface area contributed by atoms with Gasteiger partial charge in [0.15, 0.2) is 11.5 Å². The normalized spacial score (nSPS) is 15.1. The van der Waals surface area contributed by atoms with E-state index in [2.05, 4.69) is 21.2 Å². The molecule has 1 aliphatic heterocycles. The molecule has 1 amide bonds. The topological polar surface area (TPSA) is 47.6 Å². The number of hydrogen-bond donors (Lipinski definition) is 1. The van der Waals surface area contributed by atoms with Gasteiger partial charge in [-0.25, -0.2) is 0 Å². The number of carbonyl (C=O) groups is 1. The Morgan fingerprint density at radius 1 is 1.44 bits per heavy atom. The third-order valence-electron chi connectivity index (χ3n) is 2.57. The van der Waals surface area contributed by atoms with Crippen molar-refractivity contribution in [3.05, 3.63) is 16.6 Å². The number of alkyl halides is 1. The zero-order valence-electron chi connectivity index (χ0n) is 9.83. The van der Waals surface area contributed by atoms with Gasteiger partial charge >= 0.3 is 0 Å². The van der Waals surface area contributed by atoms with E-state index in [0.29, 0.717) is 30.4 Å². The molecule has 4 nitrogen and oxygen atoms in total. The lowest BCUT2D eigenvalue weighted by molar-refractivity contribution is -0.118. The first-order valence-electron chi connectivity index (χ1n) is 5.57. The Labute approximate surface area is 119 Å². The minimum atomic E-state index is -0.244. The van der Waals surface area contributed by atoms with Gasteiger partial charge in [-0.15, -0.1) is 11.6 Å². The van der Waals surface area contributed by atoms with Crippen LogP contribution in [0.5, 0.6) is 11.5 Å². The van der Waals surface area contributed by atoms with Crippen molar-refractivity contribution in [3.63, 3.8) is 0 Å². The van der Waals surface area contributed by atoms with Crippen molar-refractivity contribution in [2.45, 2.75) is 6.92 Å². The van der Waals surface area contributed by atoms with Crippen LogP contribution in [0, 0.1) is 5.92 Å². The van der Waals surface area contributed by atoms with Gasteiger partial charge in [0.05, 0.1) is 5.69 Å². The number of anilines is 1. The molecule has 98 valence electrons. The Morgan fingerprint density at radius 3 is 2.67 bits per heavy atom. The highest BCUT2D eigenvalue weighted by Gasteiger charge is 2.18. The van der Waals surface area contributed by atoms with Crippen LogP contribution in [0.4, 0.5) is 5.69 Å². The molecule has 0 bridgehead atoms. The molecule has 6 heteroatoms. The van der Waals surface area contributed by atoms with Crippen LogP contribution in [0.15, 0.2) is 16.6 Å². The largest absolute Gasteiger partial charge is 0.486 e. The second-order valence-electron chi connectivity index (χ2n) is 4.02. The molecule has 2 rings (SSSR count). The van der Waals surface area contributed by atoms with Crippen molar-refractivity contribution in [1.29, 1.82) is 0 Å². The number of ether oxygens (including phenoxy) is 2. The molecule has 1 N–H and O–H groups in total. The monoisotopic (exact) mass is 333 g/mol. The van der Waals surface area contributed by atoms with Crippen molar-refractivity contribution in [3.8, 4) is 11.5 Å². The van der Waals surface area contributed by atoms with Crippen LogP contribution < -0.4 is 14.8 Å². The zero-order valence-corrected chi connectivity index (χ0v) is 12.2. The third-order valence-corrected chi connectivity index (χ3v) is 3.69. The van der Waals surface area contributed by atoms with Gasteiger partial charge in [0, 0.05) is 28.4 Å². The molecule has 1 unspecified atom stereocenters. The quantitative estimate of drug-likeness (QED) is 0.864. The van der Waals surface area contributed by atoms with Gasteiger partial charge in [0.25, 0.3) is 0 Å². The minimum absolute atomic E-state index is 0.123. The summed E-state index contributed by atoms with van der Waals surface area (Å²) in [4.78, 5) is 11.8. The van der Waals surface area contributed by atoms with Crippen molar-refractivity contribution in [1.82, 2.24) is 0 Å². The second kappa shape index (κ2) is 5.80. The van der Waals surface area contributed by atoms with Crippen LogP contribution in [0.2, 0.25) is 0 Å². The number of carbonyl (C=O) groups excluding carboxylic acids is 1. The van der Waals surface area contributed by atoms with Crippen molar-refractivity contribution in [2.75, 3.05) is 24.4 Å². The average molecular weight is 335 g/mol. The van der Waals surface area contributed by atoms with Gasteiger partial charge in [0.2, 0.25) is 5.91 Å². The predicted octanol–water partition coefficient (Wildman–Crippen LogP) is 3.03. The Bertz CT molecular complexity index is 467. The molecule has 18 heavy (non-hydrogen) atoms. The van der Waals surface area contributed by atoms with Gasteiger partial charge in [0.1, 0.15) is 13.2 Å². The van der Waals surface area contributed by atoms with Crippen LogP contribution in [-0.2, 0) is 4.79 Å². The van der Waals surface area contributed by atoms with Crippen LogP contribution in [0.25, 0.3) is 0 Å². The lowest BCUT2D eigenvalue weighted by Crippen LogP contribution is -2.22. The Kier molecular flexibility index (Phi) is 4.35. The molecule has 1 atom stereocenters. The van der Waals surface area contributed by atoms with E-state index in [1.807, 2.05) is 0 Å². The summed E-state index contributed by atoms with van der Waals surface area (Å²) < 4.78 is 11.7. The standard InChI is InChI=1S/C12H13BrClNO3/c1-7(6-14)12(16)15-9-5-11-10(4-8(9)13)17-2-3-18-11/h4-5,7H,2-3,6H2,1H3,(H,15,16).